The molecule has 7 nitrogen and oxygen atoms in total. The zero-order valence-electron chi connectivity index (χ0n) is 17.6. The molecule has 8 heteroatoms. The minimum absolute atomic E-state index is 0.0348. The lowest BCUT2D eigenvalue weighted by molar-refractivity contribution is -0.116. The van der Waals surface area contributed by atoms with Crippen molar-refractivity contribution in [1.82, 2.24) is 14.3 Å². The Balaban J connectivity index is 1.49. The molecule has 30 heavy (non-hydrogen) atoms. The molecule has 0 spiro atoms. The van der Waals surface area contributed by atoms with Crippen LogP contribution in [0.4, 0.5) is 11.4 Å². The Labute approximate surface area is 180 Å². The number of hydrogen-bond donors (Lipinski definition) is 1. The van der Waals surface area contributed by atoms with Crippen LogP contribution in [0.3, 0.4) is 0 Å². The van der Waals surface area contributed by atoms with E-state index in [1.54, 1.807) is 13.3 Å². The molecule has 1 atom stereocenters. The quantitative estimate of drug-likeness (QED) is 0.647. The zero-order chi connectivity index (χ0) is 21.3. The predicted molar refractivity (Wildman–Crippen MR) is 119 cm³/mol. The van der Waals surface area contributed by atoms with Crippen LogP contribution in [-0.4, -0.2) is 40.4 Å². The highest BCUT2D eigenvalue weighted by atomic mass is 32.1. The van der Waals surface area contributed by atoms with Crippen LogP contribution in [0.5, 0.6) is 0 Å². The molecule has 0 aliphatic carbocycles. The molecule has 1 aliphatic heterocycles. The number of aromatic nitrogens is 3. The fraction of sp³-hybridized carbons (Fsp3) is 0.364. The van der Waals surface area contributed by atoms with Crippen molar-refractivity contribution in [2.45, 2.75) is 33.3 Å². The Hall–Kier alpha value is -2.84. The van der Waals surface area contributed by atoms with E-state index in [-0.39, 0.29) is 18.6 Å². The number of methoxy groups -OCH3 is 1. The molecule has 0 radical (unpaired) electrons. The highest BCUT2D eigenvalue weighted by molar-refractivity contribution is 7.09. The number of nitrogens with one attached hydrogen (secondary N) is 1. The van der Waals surface area contributed by atoms with E-state index in [2.05, 4.69) is 19.7 Å². The summed E-state index contributed by atoms with van der Waals surface area (Å²) >= 11 is 1.38. The first kappa shape index (κ1) is 20.4. The van der Waals surface area contributed by atoms with Crippen LogP contribution < -0.4 is 10.2 Å². The molecule has 1 aromatic carbocycles. The maximum Gasteiger partial charge on any atom is 0.246 e. The van der Waals surface area contributed by atoms with Gasteiger partial charge < -0.3 is 15.0 Å². The van der Waals surface area contributed by atoms with E-state index in [4.69, 9.17) is 4.74 Å². The number of carbonyl (C=O) groups is 1. The van der Waals surface area contributed by atoms with Gasteiger partial charge in [0.25, 0.3) is 0 Å². The summed E-state index contributed by atoms with van der Waals surface area (Å²) in [6.07, 6.45) is 2.45. The lowest BCUT2D eigenvalue weighted by Gasteiger charge is -2.19. The maximum atomic E-state index is 13.0. The van der Waals surface area contributed by atoms with E-state index >= 15 is 0 Å². The Bertz CT molecular complexity index is 1080. The fourth-order valence-electron chi connectivity index (χ4n) is 3.70. The van der Waals surface area contributed by atoms with Gasteiger partial charge in [0.15, 0.2) is 0 Å². The second-order valence-corrected chi connectivity index (χ2v) is 8.15. The smallest absolute Gasteiger partial charge is 0.246 e. The molecule has 0 fully saturated rings. The second-order valence-electron chi connectivity index (χ2n) is 7.40. The standard InChI is InChI=1S/C22H25N5O2S/c1-13-5-6-16(22-25-15(3)26-30-22)11-18(13)24-12-20(28)27-10-8-17-19(27)7-9-23-21(17)14(2)29-4/h5-7,9,11,14,24H,8,10,12H2,1-4H3. The molecule has 3 heterocycles. The number of aryl methyl sites for hydroxylation is 2. The number of ether oxygens (including phenoxy) is 1. The van der Waals surface area contributed by atoms with Crippen LogP contribution in [0.25, 0.3) is 10.6 Å². The van der Waals surface area contributed by atoms with E-state index in [0.717, 1.165) is 51.0 Å². The Morgan fingerprint density at radius 2 is 2.17 bits per heavy atom. The number of anilines is 2. The SMILES string of the molecule is COC(C)c1nccc2c1CCN2C(=O)CNc1cc(-c2nc(C)ns2)ccc1C. The number of hydrogen-bond acceptors (Lipinski definition) is 7. The molecule has 1 amide bonds. The monoisotopic (exact) mass is 423 g/mol. The molecule has 0 bridgehead atoms. The molecular formula is C22H25N5O2S. The van der Waals surface area contributed by atoms with Crippen LogP contribution >= 0.6 is 11.5 Å². The molecule has 1 unspecified atom stereocenters. The van der Waals surface area contributed by atoms with Crippen molar-refractivity contribution in [2.24, 2.45) is 0 Å². The zero-order valence-corrected chi connectivity index (χ0v) is 18.4. The van der Waals surface area contributed by atoms with Gasteiger partial charge >= 0.3 is 0 Å². The van der Waals surface area contributed by atoms with Gasteiger partial charge in [-0.1, -0.05) is 12.1 Å². The van der Waals surface area contributed by atoms with E-state index in [0.29, 0.717) is 6.54 Å². The number of amides is 1. The minimum atomic E-state index is -0.0949. The molecule has 1 aliphatic rings. The van der Waals surface area contributed by atoms with E-state index < -0.39 is 0 Å². The summed E-state index contributed by atoms with van der Waals surface area (Å²) < 4.78 is 9.69. The van der Waals surface area contributed by atoms with Gasteiger partial charge in [0.05, 0.1) is 24.0 Å². The van der Waals surface area contributed by atoms with E-state index in [9.17, 15) is 4.79 Å². The highest BCUT2D eigenvalue weighted by Crippen LogP contribution is 2.33. The first-order valence-corrected chi connectivity index (χ1v) is 10.7. The number of rotatable bonds is 6. The number of fused-ring (bicyclic) bond motifs is 1. The largest absolute Gasteiger partial charge is 0.376 e. The molecule has 0 saturated heterocycles. The number of nitrogens with zero attached hydrogens (tertiary/aromatic N) is 4. The van der Waals surface area contributed by atoms with Crippen molar-refractivity contribution in [3.8, 4) is 10.6 Å². The van der Waals surface area contributed by atoms with Gasteiger partial charge in [-0.25, -0.2) is 4.98 Å². The van der Waals surface area contributed by atoms with Crippen molar-refractivity contribution in [1.29, 1.82) is 0 Å². The van der Waals surface area contributed by atoms with Crippen molar-refractivity contribution in [2.75, 3.05) is 30.4 Å². The van der Waals surface area contributed by atoms with Crippen molar-refractivity contribution in [3.63, 3.8) is 0 Å². The average molecular weight is 424 g/mol. The summed E-state index contributed by atoms with van der Waals surface area (Å²) in [6, 6.07) is 8.01. The summed E-state index contributed by atoms with van der Waals surface area (Å²) in [7, 11) is 1.67. The highest BCUT2D eigenvalue weighted by Gasteiger charge is 2.28. The van der Waals surface area contributed by atoms with Gasteiger partial charge in [-0.2, -0.15) is 4.37 Å². The summed E-state index contributed by atoms with van der Waals surface area (Å²) in [4.78, 5) is 23.8. The Morgan fingerprint density at radius 1 is 1.33 bits per heavy atom. The van der Waals surface area contributed by atoms with E-state index in [1.165, 1.54) is 11.5 Å². The first-order chi connectivity index (χ1) is 14.5. The summed E-state index contributed by atoms with van der Waals surface area (Å²) in [5.41, 5.74) is 5.95. The fourth-order valence-corrected chi connectivity index (χ4v) is 4.36. The van der Waals surface area contributed by atoms with Gasteiger partial charge in [0.2, 0.25) is 5.91 Å². The van der Waals surface area contributed by atoms with Crippen molar-refractivity contribution < 1.29 is 9.53 Å². The number of pyridine rings is 1. The lowest BCUT2D eigenvalue weighted by atomic mass is 10.1. The Morgan fingerprint density at radius 3 is 2.90 bits per heavy atom. The van der Waals surface area contributed by atoms with Crippen LogP contribution in [-0.2, 0) is 16.0 Å². The molecule has 0 saturated carbocycles. The van der Waals surface area contributed by atoms with Gasteiger partial charge in [-0.3, -0.25) is 9.78 Å². The predicted octanol–water partition coefficient (Wildman–Crippen LogP) is 3.93. The van der Waals surface area contributed by atoms with Crippen LogP contribution in [0.2, 0.25) is 0 Å². The minimum Gasteiger partial charge on any atom is -0.376 e. The van der Waals surface area contributed by atoms with Gasteiger partial charge in [0, 0.05) is 36.7 Å². The lowest BCUT2D eigenvalue weighted by Crippen LogP contribution is -2.34. The number of carbonyl (C=O) groups excluding carboxylic acids is 1. The van der Waals surface area contributed by atoms with Crippen LogP contribution in [0.1, 0.15) is 35.7 Å². The van der Waals surface area contributed by atoms with Crippen molar-refractivity contribution >= 4 is 28.8 Å². The molecule has 156 valence electrons. The first-order valence-electron chi connectivity index (χ1n) is 9.94. The molecule has 2 aromatic heterocycles. The van der Waals surface area contributed by atoms with Crippen LogP contribution in [0, 0.1) is 13.8 Å². The third-order valence-corrected chi connectivity index (χ3v) is 6.28. The molecular weight excluding hydrogens is 398 g/mol. The topological polar surface area (TPSA) is 80.2 Å². The average Bonchev–Trinajstić information content (AvgIpc) is 3.38. The Kier molecular flexibility index (Phi) is 5.78. The maximum absolute atomic E-state index is 13.0. The normalized spacial score (nSPS) is 13.9. The van der Waals surface area contributed by atoms with Gasteiger partial charge in [0.1, 0.15) is 10.8 Å². The summed E-state index contributed by atoms with van der Waals surface area (Å²) in [5, 5.41) is 4.19. The summed E-state index contributed by atoms with van der Waals surface area (Å²) in [5.74, 6) is 0.803. The molecule has 4 rings (SSSR count). The van der Waals surface area contributed by atoms with Gasteiger partial charge in [-0.05, 0) is 56.4 Å². The third-order valence-electron chi connectivity index (χ3n) is 5.42. The van der Waals surface area contributed by atoms with E-state index in [1.807, 2.05) is 49.9 Å². The van der Waals surface area contributed by atoms with Crippen molar-refractivity contribution in [3.05, 3.63) is 53.1 Å². The van der Waals surface area contributed by atoms with Crippen LogP contribution in [0.15, 0.2) is 30.5 Å². The molecule has 1 N–H and O–H groups in total. The second kappa shape index (κ2) is 8.49. The third kappa shape index (κ3) is 3.93. The summed E-state index contributed by atoms with van der Waals surface area (Å²) in [6.45, 7) is 6.76. The number of benzene rings is 1. The van der Waals surface area contributed by atoms with Gasteiger partial charge in [-0.15, -0.1) is 0 Å². The molecule has 3 aromatic rings.